The zero-order valence-electron chi connectivity index (χ0n) is 8.45. The number of thioether (sulfide) groups is 1. The molecule has 2 N–H and O–H groups in total. The first-order valence-electron chi connectivity index (χ1n) is 4.39. The molecule has 1 aromatic carbocycles. The van der Waals surface area contributed by atoms with Gasteiger partial charge in [-0.2, -0.15) is 11.8 Å². The normalized spacial score (nSPS) is 12.7. The molecule has 4 heteroatoms. The van der Waals surface area contributed by atoms with Crippen molar-refractivity contribution in [1.82, 2.24) is 0 Å². The number of aryl methyl sites for hydroxylation is 1. The molecular formula is C10H15NOS2. The number of hydrogen-bond acceptors (Lipinski definition) is 3. The second-order valence-corrected chi connectivity index (χ2v) is 5.55. The van der Waals surface area contributed by atoms with Crippen LogP contribution >= 0.6 is 11.8 Å². The van der Waals surface area contributed by atoms with Gasteiger partial charge >= 0.3 is 0 Å². The Morgan fingerprint density at radius 2 is 2.21 bits per heavy atom. The van der Waals surface area contributed by atoms with Gasteiger partial charge in [0.25, 0.3) is 0 Å². The van der Waals surface area contributed by atoms with Crippen molar-refractivity contribution in [3.8, 4) is 0 Å². The predicted octanol–water partition coefficient (Wildman–Crippen LogP) is 2.05. The Morgan fingerprint density at radius 1 is 1.50 bits per heavy atom. The Labute approximate surface area is 91.7 Å². The minimum absolute atomic E-state index is 0.673. The number of anilines is 1. The van der Waals surface area contributed by atoms with Crippen LogP contribution in [0.1, 0.15) is 5.56 Å². The maximum Gasteiger partial charge on any atom is 0.0620 e. The summed E-state index contributed by atoms with van der Waals surface area (Å²) in [5.74, 6) is 1.58. The number of rotatable bonds is 4. The fourth-order valence-electron chi connectivity index (χ4n) is 1.12. The average Bonchev–Trinajstić information content (AvgIpc) is 2.18. The molecule has 0 bridgehead atoms. The molecule has 0 aromatic heterocycles. The van der Waals surface area contributed by atoms with E-state index in [0.717, 1.165) is 16.2 Å². The molecule has 0 aliphatic rings. The van der Waals surface area contributed by atoms with Gasteiger partial charge in [-0.1, -0.05) is 12.1 Å². The van der Waals surface area contributed by atoms with Crippen LogP contribution in [-0.2, 0) is 10.8 Å². The van der Waals surface area contributed by atoms with Gasteiger partial charge in [0, 0.05) is 11.5 Å². The van der Waals surface area contributed by atoms with Crippen molar-refractivity contribution in [3.63, 3.8) is 0 Å². The minimum Gasteiger partial charge on any atom is -0.398 e. The summed E-state index contributed by atoms with van der Waals surface area (Å²) in [6.07, 6.45) is 2.01. The smallest absolute Gasteiger partial charge is 0.0620 e. The van der Waals surface area contributed by atoms with Crippen molar-refractivity contribution < 1.29 is 4.21 Å². The van der Waals surface area contributed by atoms with E-state index in [9.17, 15) is 4.21 Å². The van der Waals surface area contributed by atoms with Crippen LogP contribution in [0, 0.1) is 6.92 Å². The quantitative estimate of drug-likeness (QED) is 0.804. The zero-order chi connectivity index (χ0) is 10.6. The fourth-order valence-corrected chi connectivity index (χ4v) is 3.25. The van der Waals surface area contributed by atoms with Gasteiger partial charge in [-0.05, 0) is 24.8 Å². The van der Waals surface area contributed by atoms with Crippen LogP contribution in [-0.4, -0.2) is 22.0 Å². The summed E-state index contributed by atoms with van der Waals surface area (Å²) in [5.41, 5.74) is 7.53. The molecule has 1 rings (SSSR count). The van der Waals surface area contributed by atoms with Crippen molar-refractivity contribution in [2.24, 2.45) is 0 Å². The van der Waals surface area contributed by atoms with Gasteiger partial charge in [-0.25, -0.2) is 0 Å². The van der Waals surface area contributed by atoms with Crippen molar-refractivity contribution in [1.29, 1.82) is 0 Å². The van der Waals surface area contributed by atoms with Crippen LogP contribution in [0.3, 0.4) is 0 Å². The molecule has 1 aromatic rings. The summed E-state index contributed by atoms with van der Waals surface area (Å²) in [5, 5.41) is 0. The van der Waals surface area contributed by atoms with Crippen molar-refractivity contribution in [3.05, 3.63) is 23.8 Å². The lowest BCUT2D eigenvalue weighted by molar-refractivity contribution is 0.684. The standard InChI is InChI=1S/C10H15NOS2/c1-8-4-3-5-9(10(8)11)14(12)7-6-13-2/h3-5H,6-7,11H2,1-2H3. The molecule has 0 radical (unpaired) electrons. The minimum atomic E-state index is -0.951. The summed E-state index contributed by atoms with van der Waals surface area (Å²) in [7, 11) is -0.951. The molecule has 0 aliphatic heterocycles. The molecule has 0 saturated heterocycles. The first kappa shape index (κ1) is 11.6. The van der Waals surface area contributed by atoms with Gasteiger partial charge < -0.3 is 5.73 Å². The lowest BCUT2D eigenvalue weighted by atomic mass is 10.2. The number of para-hydroxylation sites is 1. The molecular weight excluding hydrogens is 214 g/mol. The van der Waals surface area contributed by atoms with E-state index in [1.807, 2.05) is 31.4 Å². The second-order valence-electron chi connectivity index (χ2n) is 3.03. The van der Waals surface area contributed by atoms with E-state index in [1.54, 1.807) is 11.8 Å². The SMILES string of the molecule is CSCCS(=O)c1cccc(C)c1N. The van der Waals surface area contributed by atoms with Gasteiger partial charge in [-0.3, -0.25) is 4.21 Å². The molecule has 78 valence electrons. The summed E-state index contributed by atoms with van der Waals surface area (Å²) >= 11 is 1.70. The van der Waals surface area contributed by atoms with Gasteiger partial charge in [-0.15, -0.1) is 0 Å². The molecule has 14 heavy (non-hydrogen) atoms. The lowest BCUT2D eigenvalue weighted by Gasteiger charge is -2.07. The zero-order valence-corrected chi connectivity index (χ0v) is 10.1. The average molecular weight is 229 g/mol. The lowest BCUT2D eigenvalue weighted by Crippen LogP contribution is -2.04. The predicted molar refractivity (Wildman–Crippen MR) is 65.2 cm³/mol. The maximum absolute atomic E-state index is 11.8. The van der Waals surface area contributed by atoms with E-state index in [4.69, 9.17) is 5.73 Å². The summed E-state index contributed by atoms with van der Waals surface area (Å²) in [6.45, 7) is 1.94. The van der Waals surface area contributed by atoms with E-state index >= 15 is 0 Å². The molecule has 0 aliphatic carbocycles. The van der Waals surface area contributed by atoms with Crippen LogP contribution in [0.4, 0.5) is 5.69 Å². The highest BCUT2D eigenvalue weighted by Crippen LogP contribution is 2.20. The summed E-state index contributed by atoms with van der Waals surface area (Å²) in [4.78, 5) is 0.777. The molecule has 0 fully saturated rings. The monoisotopic (exact) mass is 229 g/mol. The van der Waals surface area contributed by atoms with E-state index in [2.05, 4.69) is 0 Å². The molecule has 0 spiro atoms. The molecule has 0 amide bonds. The Morgan fingerprint density at radius 3 is 2.86 bits per heavy atom. The van der Waals surface area contributed by atoms with Gasteiger partial charge in [0.15, 0.2) is 0 Å². The van der Waals surface area contributed by atoms with E-state index < -0.39 is 10.8 Å². The van der Waals surface area contributed by atoms with Crippen molar-refractivity contribution >= 4 is 28.2 Å². The van der Waals surface area contributed by atoms with E-state index in [1.165, 1.54) is 0 Å². The number of nitrogen functional groups attached to an aromatic ring is 1. The highest BCUT2D eigenvalue weighted by atomic mass is 32.2. The van der Waals surface area contributed by atoms with Gasteiger partial charge in [0.1, 0.15) is 0 Å². The molecule has 1 atom stereocenters. The van der Waals surface area contributed by atoms with Gasteiger partial charge in [0.05, 0.1) is 21.4 Å². The van der Waals surface area contributed by atoms with Gasteiger partial charge in [0.2, 0.25) is 0 Å². The van der Waals surface area contributed by atoms with Crippen LogP contribution in [0.25, 0.3) is 0 Å². The van der Waals surface area contributed by atoms with Crippen LogP contribution < -0.4 is 5.73 Å². The summed E-state index contributed by atoms with van der Waals surface area (Å²) in [6, 6.07) is 5.68. The van der Waals surface area contributed by atoms with Crippen molar-refractivity contribution in [2.45, 2.75) is 11.8 Å². The Balaban J connectivity index is 2.84. The highest BCUT2D eigenvalue weighted by Gasteiger charge is 2.08. The van der Waals surface area contributed by atoms with E-state index in [0.29, 0.717) is 11.4 Å². The van der Waals surface area contributed by atoms with Crippen LogP contribution in [0.5, 0.6) is 0 Å². The third-order valence-electron chi connectivity index (χ3n) is 2.00. The summed E-state index contributed by atoms with van der Waals surface area (Å²) < 4.78 is 11.8. The van der Waals surface area contributed by atoms with Crippen LogP contribution in [0.15, 0.2) is 23.1 Å². The third kappa shape index (κ3) is 2.75. The Bertz CT molecular complexity index is 339. The number of hydrogen-bond donors (Lipinski definition) is 1. The molecule has 1 unspecified atom stereocenters. The number of nitrogens with two attached hydrogens (primary N) is 1. The van der Waals surface area contributed by atoms with Crippen LogP contribution in [0.2, 0.25) is 0 Å². The Hall–Kier alpha value is -0.480. The second kappa shape index (κ2) is 5.41. The number of benzene rings is 1. The first-order valence-corrected chi connectivity index (χ1v) is 7.10. The first-order chi connectivity index (χ1) is 6.66. The molecule has 0 saturated carbocycles. The Kier molecular flexibility index (Phi) is 4.48. The maximum atomic E-state index is 11.8. The molecule has 0 heterocycles. The van der Waals surface area contributed by atoms with E-state index in [-0.39, 0.29) is 0 Å². The third-order valence-corrected chi connectivity index (χ3v) is 4.29. The topological polar surface area (TPSA) is 43.1 Å². The molecule has 2 nitrogen and oxygen atoms in total. The highest BCUT2D eigenvalue weighted by molar-refractivity contribution is 7.99. The largest absolute Gasteiger partial charge is 0.398 e. The van der Waals surface area contributed by atoms with Crippen molar-refractivity contribution in [2.75, 3.05) is 23.5 Å². The fraction of sp³-hybridized carbons (Fsp3) is 0.400.